The van der Waals surface area contributed by atoms with Gasteiger partial charge in [0, 0.05) is 19.3 Å². The van der Waals surface area contributed by atoms with Crippen molar-refractivity contribution in [1.82, 2.24) is 0 Å². The smallest absolute Gasteiger partial charge is 0.306 e. The summed E-state index contributed by atoms with van der Waals surface area (Å²) in [5.74, 6) is -0.981. The average Bonchev–Trinajstić information content (AvgIpc) is 3.26. The van der Waals surface area contributed by atoms with Crippen molar-refractivity contribution in [3.8, 4) is 0 Å². The highest BCUT2D eigenvalue weighted by Crippen LogP contribution is 2.12. The fraction of sp³-hybridized carbons (Fsp3) is 0.655. The molecule has 1 unspecified atom stereocenters. The molecule has 0 aliphatic rings. The summed E-state index contributed by atoms with van der Waals surface area (Å²) in [6.07, 6.45) is 63.8. The van der Waals surface area contributed by atoms with Crippen LogP contribution in [-0.2, 0) is 28.6 Å². The highest BCUT2D eigenvalue weighted by molar-refractivity contribution is 5.71. The molecule has 0 bridgehead atoms. The number of esters is 3. The molecule has 0 aliphatic heterocycles. The number of unbranched alkanes of at least 4 members (excludes halogenated alkanes) is 16. The topological polar surface area (TPSA) is 78.9 Å². The van der Waals surface area contributed by atoms with Gasteiger partial charge in [0.05, 0.1) is 0 Å². The largest absolute Gasteiger partial charge is 0.462 e. The molecule has 1 atom stereocenters. The maximum absolute atomic E-state index is 12.8. The lowest BCUT2D eigenvalue weighted by atomic mass is 10.1. The Hall–Kier alpha value is -3.67. The Bertz CT molecular complexity index is 1250. The molecule has 6 nitrogen and oxygen atoms in total. The first-order valence-corrected chi connectivity index (χ1v) is 24.7. The van der Waals surface area contributed by atoms with Gasteiger partial charge in [-0.05, 0) is 109 Å². The summed E-state index contributed by atoms with van der Waals surface area (Å²) in [5, 5.41) is 0. The molecule has 0 rings (SSSR count). The van der Waals surface area contributed by atoms with Crippen LogP contribution in [-0.4, -0.2) is 37.2 Å². The van der Waals surface area contributed by atoms with Crippen molar-refractivity contribution in [2.75, 3.05) is 13.2 Å². The summed E-state index contributed by atoms with van der Waals surface area (Å²) in [5.41, 5.74) is 0. The van der Waals surface area contributed by atoms with Gasteiger partial charge in [-0.15, -0.1) is 0 Å². The molecule has 0 fully saturated rings. The molecule has 0 saturated carbocycles. The third-order valence-electron chi connectivity index (χ3n) is 10.0. The van der Waals surface area contributed by atoms with E-state index in [1.54, 1.807) is 0 Å². The van der Waals surface area contributed by atoms with Crippen LogP contribution in [0.1, 0.15) is 213 Å². The first-order valence-electron chi connectivity index (χ1n) is 24.7. The number of carbonyl (C=O) groups is 3. The average molecular weight is 847 g/mol. The third kappa shape index (κ3) is 47.2. The van der Waals surface area contributed by atoms with Crippen LogP contribution in [0.4, 0.5) is 0 Å². The van der Waals surface area contributed by atoms with Gasteiger partial charge in [0.2, 0.25) is 0 Å². The molecule has 0 radical (unpaired) electrons. The standard InChI is InChI=1S/C55H90O6/c1-4-7-10-13-16-19-22-25-28-31-33-36-39-42-45-48-54(57)60-51-52(61-55(58)49-46-43-40-37-34-30-27-24-21-18-15-12-9-6-3)50-59-53(56)47-44-41-38-35-32-29-26-23-20-17-14-11-8-5-2/h7,10,14-19,23-28,33,36,52H,4-6,8-9,11-13,20-22,29-32,34-35,37-51H2,1-3H3/b10-7-,17-14-,18-15-,19-16-,26-23-,27-24-,28-25-,36-33-. The van der Waals surface area contributed by atoms with Crippen molar-refractivity contribution in [3.63, 3.8) is 0 Å². The van der Waals surface area contributed by atoms with Gasteiger partial charge in [0.1, 0.15) is 13.2 Å². The van der Waals surface area contributed by atoms with E-state index in [0.29, 0.717) is 19.3 Å². The van der Waals surface area contributed by atoms with Gasteiger partial charge in [-0.3, -0.25) is 14.4 Å². The highest BCUT2D eigenvalue weighted by atomic mass is 16.6. The monoisotopic (exact) mass is 847 g/mol. The van der Waals surface area contributed by atoms with Gasteiger partial charge in [-0.2, -0.15) is 0 Å². The number of allylic oxidation sites excluding steroid dienone is 16. The van der Waals surface area contributed by atoms with Gasteiger partial charge in [-0.1, -0.05) is 182 Å². The van der Waals surface area contributed by atoms with Gasteiger partial charge in [-0.25, -0.2) is 0 Å². The zero-order valence-corrected chi connectivity index (χ0v) is 39.4. The predicted octanol–water partition coefficient (Wildman–Crippen LogP) is 16.2. The summed E-state index contributed by atoms with van der Waals surface area (Å²) in [4.78, 5) is 37.9. The number of rotatable bonds is 43. The molecule has 0 spiro atoms. The Morgan fingerprint density at radius 2 is 0.639 bits per heavy atom. The van der Waals surface area contributed by atoms with Gasteiger partial charge in [0.15, 0.2) is 6.10 Å². The Morgan fingerprint density at radius 3 is 1.03 bits per heavy atom. The second kappa shape index (κ2) is 49.0. The molecule has 61 heavy (non-hydrogen) atoms. The molecule has 6 heteroatoms. The molecule has 0 aromatic heterocycles. The Morgan fingerprint density at radius 1 is 0.344 bits per heavy atom. The van der Waals surface area contributed by atoms with Gasteiger partial charge in [0.25, 0.3) is 0 Å². The summed E-state index contributed by atoms with van der Waals surface area (Å²) < 4.78 is 16.7. The Labute approximate surface area is 375 Å². The maximum atomic E-state index is 12.8. The molecule has 0 N–H and O–H groups in total. The van der Waals surface area contributed by atoms with Crippen LogP contribution in [0.15, 0.2) is 97.2 Å². The molecular formula is C55H90O6. The van der Waals surface area contributed by atoms with Crippen LogP contribution >= 0.6 is 0 Å². The molecule has 0 saturated heterocycles. The van der Waals surface area contributed by atoms with Crippen molar-refractivity contribution in [2.24, 2.45) is 0 Å². The third-order valence-corrected chi connectivity index (χ3v) is 10.0. The van der Waals surface area contributed by atoms with Crippen molar-refractivity contribution < 1.29 is 28.6 Å². The van der Waals surface area contributed by atoms with Crippen molar-refractivity contribution in [3.05, 3.63) is 97.2 Å². The minimum Gasteiger partial charge on any atom is -0.462 e. The molecule has 0 heterocycles. The van der Waals surface area contributed by atoms with E-state index in [2.05, 4.69) is 118 Å². The van der Waals surface area contributed by atoms with Crippen LogP contribution in [0.2, 0.25) is 0 Å². The number of ether oxygens (including phenoxy) is 3. The summed E-state index contributed by atoms with van der Waals surface area (Å²) in [6.45, 7) is 6.36. The van der Waals surface area contributed by atoms with Crippen LogP contribution in [0.25, 0.3) is 0 Å². The van der Waals surface area contributed by atoms with E-state index < -0.39 is 6.10 Å². The molecule has 0 aromatic rings. The maximum Gasteiger partial charge on any atom is 0.306 e. The van der Waals surface area contributed by atoms with Crippen LogP contribution < -0.4 is 0 Å². The van der Waals surface area contributed by atoms with E-state index in [4.69, 9.17) is 14.2 Å². The lowest BCUT2D eigenvalue weighted by Gasteiger charge is -2.18. The SMILES string of the molecule is CC/C=C\C/C=C\C/C=C\C/C=C\CCCCC(=O)OCC(COC(=O)CCCCCCC/C=C\C/C=C\CCCC)OC(=O)CCCCCCC/C=C\C/C=C\CCCC. The number of carbonyl (C=O) groups excluding carboxylic acids is 3. The van der Waals surface area contributed by atoms with E-state index in [0.717, 1.165) is 135 Å². The lowest BCUT2D eigenvalue weighted by molar-refractivity contribution is -0.167. The predicted molar refractivity (Wildman–Crippen MR) is 260 cm³/mol. The summed E-state index contributed by atoms with van der Waals surface area (Å²) >= 11 is 0. The minimum atomic E-state index is -0.807. The second-order valence-corrected chi connectivity index (χ2v) is 16.0. The molecule has 346 valence electrons. The van der Waals surface area contributed by atoms with E-state index in [9.17, 15) is 14.4 Å². The Kier molecular flexibility index (Phi) is 46.0. The Balaban J connectivity index is 4.52. The highest BCUT2D eigenvalue weighted by Gasteiger charge is 2.19. The zero-order chi connectivity index (χ0) is 44.4. The minimum absolute atomic E-state index is 0.105. The van der Waals surface area contributed by atoms with Crippen molar-refractivity contribution >= 4 is 17.9 Å². The fourth-order valence-electron chi connectivity index (χ4n) is 6.29. The van der Waals surface area contributed by atoms with Crippen molar-refractivity contribution in [1.29, 1.82) is 0 Å². The number of hydrogen-bond acceptors (Lipinski definition) is 6. The van der Waals surface area contributed by atoms with Crippen LogP contribution in [0.5, 0.6) is 0 Å². The van der Waals surface area contributed by atoms with E-state index >= 15 is 0 Å². The summed E-state index contributed by atoms with van der Waals surface area (Å²) in [6, 6.07) is 0. The summed E-state index contributed by atoms with van der Waals surface area (Å²) in [7, 11) is 0. The van der Waals surface area contributed by atoms with Crippen LogP contribution in [0, 0.1) is 0 Å². The molecule has 0 amide bonds. The quantitative estimate of drug-likeness (QED) is 0.0263. The lowest BCUT2D eigenvalue weighted by Crippen LogP contribution is -2.30. The fourth-order valence-corrected chi connectivity index (χ4v) is 6.29. The molecule has 0 aliphatic carbocycles. The normalized spacial score (nSPS) is 12.9. The van der Waals surface area contributed by atoms with Crippen LogP contribution in [0.3, 0.4) is 0 Å². The first kappa shape index (κ1) is 57.3. The molecular weight excluding hydrogens is 757 g/mol. The first-order chi connectivity index (χ1) is 30.0. The molecule has 0 aromatic carbocycles. The van der Waals surface area contributed by atoms with Crippen molar-refractivity contribution in [2.45, 2.75) is 219 Å². The van der Waals surface area contributed by atoms with E-state index in [1.807, 2.05) is 0 Å². The zero-order valence-electron chi connectivity index (χ0n) is 39.4. The van der Waals surface area contributed by atoms with E-state index in [-0.39, 0.29) is 31.1 Å². The van der Waals surface area contributed by atoms with Gasteiger partial charge < -0.3 is 14.2 Å². The van der Waals surface area contributed by atoms with E-state index in [1.165, 1.54) is 38.5 Å². The van der Waals surface area contributed by atoms with Gasteiger partial charge >= 0.3 is 17.9 Å². The second-order valence-electron chi connectivity index (χ2n) is 16.0. The number of hydrogen-bond donors (Lipinski definition) is 0.